The Bertz CT molecular complexity index is 341. The Labute approximate surface area is 130 Å². The van der Waals surface area contributed by atoms with Crippen molar-refractivity contribution in [3.8, 4) is 0 Å². The summed E-state index contributed by atoms with van der Waals surface area (Å²) in [6.45, 7) is 0. The molecule has 0 aromatic carbocycles. The van der Waals surface area contributed by atoms with Gasteiger partial charge < -0.3 is 0 Å². The van der Waals surface area contributed by atoms with E-state index in [9.17, 15) is 0 Å². The molecule has 0 aliphatic rings. The van der Waals surface area contributed by atoms with Gasteiger partial charge in [0.25, 0.3) is 0 Å². The van der Waals surface area contributed by atoms with E-state index in [1.807, 2.05) is 0 Å². The molecule has 0 atom stereocenters. The minimum Gasteiger partial charge on any atom is 0 e. The van der Waals surface area contributed by atoms with Crippen molar-refractivity contribution < 1.29 is 132 Å². The van der Waals surface area contributed by atoms with Crippen LogP contribution in [-0.2, 0) is 110 Å². The maximum Gasteiger partial charge on any atom is 0 e. The molecular weight excluding hydrogens is 611 g/mol. The number of hydrogen-bond acceptors (Lipinski definition) is 6. The summed E-state index contributed by atoms with van der Waals surface area (Å²) in [5.41, 5.74) is 0. The van der Waals surface area contributed by atoms with Gasteiger partial charge in [-0.25, -0.2) is 0 Å². The summed E-state index contributed by atoms with van der Waals surface area (Å²) in [6, 6.07) is 0. The van der Waals surface area contributed by atoms with Gasteiger partial charge in [0, 0.05) is 39.0 Å². The fourth-order valence-corrected chi connectivity index (χ4v) is 0. The van der Waals surface area contributed by atoms with Crippen LogP contribution >= 0.6 is 0 Å². The minimum absolute atomic E-state index is 0. The van der Waals surface area contributed by atoms with Gasteiger partial charge in [0.2, 0.25) is 0 Å². The molecule has 0 rings (SSSR count). The molecule has 0 aromatic rings. The van der Waals surface area contributed by atoms with Crippen LogP contribution in [0.4, 0.5) is 0 Å². The molecule has 0 aliphatic heterocycles. The van der Waals surface area contributed by atoms with Gasteiger partial charge in [-0.1, -0.05) is 0 Å². The van der Waals surface area contributed by atoms with Crippen LogP contribution in [0.15, 0.2) is 0 Å². The average molecular weight is 617 g/mol. The summed E-state index contributed by atoms with van der Waals surface area (Å²) in [6.07, 6.45) is 0. The molecule has 0 amide bonds. The Morgan fingerprint density at radius 2 is 0.412 bits per heavy atom. The van der Waals surface area contributed by atoms with Gasteiger partial charge in [0.1, 0.15) is 0 Å². The quantitative estimate of drug-likeness (QED) is 0.143. The SMILES string of the molecule is [O]=[Mo](=[O])([OH])[OH].[O]=[Mo](=[O])([OH])[OH].[O]=[Mo](=[O])([OH])[OH].[Zn].[Zn]. The Balaban J connectivity index is -0.0000000400. The van der Waals surface area contributed by atoms with Crippen LogP contribution in [0.5, 0.6) is 0 Å². The molecule has 6 N–H and O–H groups in total. The van der Waals surface area contributed by atoms with Crippen molar-refractivity contribution in [3.05, 3.63) is 0 Å². The molecule has 0 saturated heterocycles. The summed E-state index contributed by atoms with van der Waals surface area (Å²) >= 11 is -16.6. The van der Waals surface area contributed by atoms with Crippen molar-refractivity contribution in [1.82, 2.24) is 0 Å². The van der Waals surface area contributed by atoms with E-state index in [4.69, 9.17) is 42.9 Å². The van der Waals surface area contributed by atoms with E-state index >= 15 is 0 Å². The van der Waals surface area contributed by atoms with Gasteiger partial charge in [0.15, 0.2) is 0 Å². The standard InChI is InChI=1S/3Mo.6H2O.6O.2Zn/h;;;6*1H2;;;;;;;;/q3*+2;;;;;;;;;;;;;;/p-6. The van der Waals surface area contributed by atoms with Gasteiger partial charge >= 0.3 is 93.2 Å². The van der Waals surface area contributed by atoms with Gasteiger partial charge in [0.05, 0.1) is 0 Å². The first kappa shape index (κ1) is 31.3. The summed E-state index contributed by atoms with van der Waals surface area (Å²) in [5.74, 6) is 0. The molecule has 17 heteroatoms. The first-order chi connectivity index (χ1) is 6.00. The zero-order valence-corrected chi connectivity index (χ0v) is 19.7. The van der Waals surface area contributed by atoms with Crippen molar-refractivity contribution >= 4 is 0 Å². The van der Waals surface area contributed by atoms with Crippen molar-refractivity contribution in [2.45, 2.75) is 0 Å². The third-order valence-electron chi connectivity index (χ3n) is 0. The van der Waals surface area contributed by atoms with Gasteiger partial charge in [-0.05, 0) is 0 Å². The summed E-state index contributed by atoms with van der Waals surface area (Å²) in [7, 11) is 0. The van der Waals surface area contributed by atoms with Crippen molar-refractivity contribution in [2.75, 3.05) is 0 Å². The van der Waals surface area contributed by atoms with Crippen LogP contribution in [0.3, 0.4) is 0 Å². The number of rotatable bonds is 0. The Kier molecular flexibility index (Phi) is 23.7. The van der Waals surface area contributed by atoms with Gasteiger partial charge in [-0.2, -0.15) is 0 Å². The molecule has 12 nitrogen and oxygen atoms in total. The molecule has 0 fully saturated rings. The second-order valence-electron chi connectivity index (χ2n) is 1.34. The van der Waals surface area contributed by atoms with Crippen LogP contribution in [0.25, 0.3) is 0 Å². The third-order valence-corrected chi connectivity index (χ3v) is 0. The van der Waals surface area contributed by atoms with Gasteiger partial charge in [-0.15, -0.1) is 0 Å². The van der Waals surface area contributed by atoms with Crippen LogP contribution in [-0.4, -0.2) is 22.6 Å². The topological polar surface area (TPSA) is 224 Å². The van der Waals surface area contributed by atoms with Gasteiger partial charge in [-0.3, -0.25) is 0 Å². The minimum atomic E-state index is -5.52. The van der Waals surface area contributed by atoms with E-state index in [2.05, 4.69) is 0 Å². The third kappa shape index (κ3) is 1290. The molecule has 0 aromatic heterocycles. The fraction of sp³-hybridized carbons (Fsp3) is 0. The van der Waals surface area contributed by atoms with Crippen molar-refractivity contribution in [2.24, 2.45) is 0 Å². The smallest absolute Gasteiger partial charge is 0 e. The predicted octanol–water partition coefficient (Wildman–Crippen LogP) is -4.07. The fourth-order valence-electron chi connectivity index (χ4n) is 0. The molecular formula is H6Mo3O12Zn2. The molecule has 100 valence electrons. The molecule has 0 saturated carbocycles. The van der Waals surface area contributed by atoms with E-state index in [1.165, 1.54) is 0 Å². The van der Waals surface area contributed by atoms with Crippen molar-refractivity contribution in [3.63, 3.8) is 0 Å². The van der Waals surface area contributed by atoms with Crippen LogP contribution in [0, 0.1) is 0 Å². The summed E-state index contributed by atoms with van der Waals surface area (Å²) in [5, 5.41) is 0. The molecule has 0 spiro atoms. The Hall–Kier alpha value is 1.87. The molecule has 0 unspecified atom stereocenters. The molecule has 0 bridgehead atoms. The van der Waals surface area contributed by atoms with E-state index in [0.717, 1.165) is 0 Å². The average Bonchev–Trinajstić information content (AvgIpc) is 1.41. The largest absolute Gasteiger partial charge is 0 e. The zero-order chi connectivity index (χ0) is 13.5. The van der Waals surface area contributed by atoms with E-state index in [0.29, 0.717) is 0 Å². The second-order valence-corrected chi connectivity index (χ2v) is 7.95. The maximum absolute atomic E-state index is 8.85. The monoisotopic (exact) mass is 620 g/mol. The first-order valence-electron chi connectivity index (χ1n) is 2.10. The normalized spacial score (nSPS) is 10.2. The molecule has 0 aliphatic carbocycles. The number of hydrogen-bond donors (Lipinski definition) is 6. The van der Waals surface area contributed by atoms with Crippen molar-refractivity contribution in [1.29, 1.82) is 0 Å². The zero-order valence-electron chi connectivity index (χ0n) is 7.77. The maximum atomic E-state index is 8.85. The summed E-state index contributed by atoms with van der Waals surface area (Å²) < 4.78 is 96.0. The van der Waals surface area contributed by atoms with E-state index in [1.54, 1.807) is 0 Å². The first-order valence-corrected chi connectivity index (χ1v) is 12.4. The van der Waals surface area contributed by atoms with Crippen LogP contribution in [0.2, 0.25) is 0 Å². The Morgan fingerprint density at radius 1 is 0.412 bits per heavy atom. The van der Waals surface area contributed by atoms with Crippen LogP contribution < -0.4 is 0 Å². The van der Waals surface area contributed by atoms with E-state index < -0.39 is 50.2 Å². The van der Waals surface area contributed by atoms with Crippen LogP contribution in [0.1, 0.15) is 0 Å². The Morgan fingerprint density at radius 3 is 0.412 bits per heavy atom. The van der Waals surface area contributed by atoms with E-state index in [-0.39, 0.29) is 39.0 Å². The molecule has 0 heterocycles. The summed E-state index contributed by atoms with van der Waals surface area (Å²) in [4.78, 5) is 0. The molecule has 17 heavy (non-hydrogen) atoms. The molecule has 0 radical (unpaired) electrons. The predicted molar refractivity (Wildman–Crippen MR) is 17.4 cm³/mol. The second kappa shape index (κ2) is 12.9.